The number of aromatic nitrogens is 2. The maximum atomic E-state index is 12.8. The quantitative estimate of drug-likeness (QED) is 0.742. The Hall–Kier alpha value is -2.67. The molecule has 7 heteroatoms. The van der Waals surface area contributed by atoms with Gasteiger partial charge in [-0.15, -0.1) is 0 Å². The van der Waals surface area contributed by atoms with Gasteiger partial charge in [-0.25, -0.2) is 0 Å². The second kappa shape index (κ2) is 8.78. The van der Waals surface area contributed by atoms with Crippen LogP contribution in [0.1, 0.15) is 33.7 Å². The first-order valence-corrected chi connectivity index (χ1v) is 10.5. The Morgan fingerprint density at radius 2 is 1.97 bits per heavy atom. The molecule has 4 rings (SSSR count). The third-order valence-electron chi connectivity index (χ3n) is 6.20. The Morgan fingerprint density at radius 3 is 2.69 bits per heavy atom. The van der Waals surface area contributed by atoms with Crippen LogP contribution in [0, 0.1) is 0 Å². The van der Waals surface area contributed by atoms with E-state index in [-0.39, 0.29) is 5.91 Å². The van der Waals surface area contributed by atoms with E-state index in [0.717, 1.165) is 63.8 Å². The van der Waals surface area contributed by atoms with Crippen LogP contribution in [0.3, 0.4) is 0 Å². The first-order valence-electron chi connectivity index (χ1n) is 10.5. The fourth-order valence-electron chi connectivity index (χ4n) is 4.52. The first-order chi connectivity index (χ1) is 14.2. The summed E-state index contributed by atoms with van der Waals surface area (Å²) in [4.78, 5) is 28.1. The molecule has 1 aliphatic heterocycles. The van der Waals surface area contributed by atoms with E-state index in [0.29, 0.717) is 18.3 Å². The molecule has 0 saturated carbocycles. The zero-order valence-electron chi connectivity index (χ0n) is 17.0. The number of nitrogens with zero attached hydrogens (tertiary/aromatic N) is 4. The number of carbonyl (C=O) groups excluding carboxylic acids is 2. The summed E-state index contributed by atoms with van der Waals surface area (Å²) in [6, 6.07) is 10.6. The smallest absolute Gasteiger partial charge is 0.272 e. The Balaban J connectivity index is 1.40. The number of carbonyl (C=O) groups is 2. The number of rotatable bonds is 6. The molecular weight excluding hydrogens is 366 g/mol. The van der Waals surface area contributed by atoms with E-state index in [9.17, 15) is 9.59 Å². The van der Waals surface area contributed by atoms with Crippen molar-refractivity contribution < 1.29 is 9.59 Å². The van der Waals surface area contributed by atoms with Gasteiger partial charge in [0.05, 0.1) is 0 Å². The molecule has 1 aromatic carbocycles. The lowest BCUT2D eigenvalue weighted by molar-refractivity contribution is -0.120. The predicted octanol–water partition coefficient (Wildman–Crippen LogP) is 1.02. The lowest BCUT2D eigenvalue weighted by Crippen LogP contribution is -2.51. The maximum absolute atomic E-state index is 12.8. The summed E-state index contributed by atoms with van der Waals surface area (Å²) in [6.07, 6.45) is 4.61. The molecule has 0 unspecified atom stereocenters. The van der Waals surface area contributed by atoms with Gasteiger partial charge in [-0.2, -0.15) is 5.10 Å². The molecule has 1 atom stereocenters. The van der Waals surface area contributed by atoms with Gasteiger partial charge in [0.1, 0.15) is 0 Å². The lowest BCUT2D eigenvalue weighted by atomic mass is 9.90. The largest absolute Gasteiger partial charge is 0.350 e. The molecule has 1 fully saturated rings. The fourth-order valence-corrected chi connectivity index (χ4v) is 4.52. The molecule has 2 amide bonds. The average Bonchev–Trinajstić information content (AvgIpc) is 3.10. The van der Waals surface area contributed by atoms with E-state index in [4.69, 9.17) is 0 Å². The molecule has 0 bridgehead atoms. The van der Waals surface area contributed by atoms with Crippen LogP contribution >= 0.6 is 0 Å². The van der Waals surface area contributed by atoms with E-state index in [1.165, 1.54) is 11.3 Å². The van der Waals surface area contributed by atoms with Crippen molar-refractivity contribution in [3.8, 4) is 0 Å². The molecule has 29 heavy (non-hydrogen) atoms. The molecule has 1 N–H and O–H groups in total. The SMILES string of the molecule is Cn1nc(C(=O)NCCc2ccccc2)c2c1CC[C@H](N1CCN(C=O)CC1)C2. The van der Waals surface area contributed by atoms with Crippen molar-refractivity contribution in [2.24, 2.45) is 7.05 Å². The highest BCUT2D eigenvalue weighted by atomic mass is 16.2. The minimum absolute atomic E-state index is 0.0794. The zero-order chi connectivity index (χ0) is 20.2. The Labute approximate surface area is 171 Å². The van der Waals surface area contributed by atoms with Crippen LogP contribution in [0.5, 0.6) is 0 Å². The number of benzene rings is 1. The van der Waals surface area contributed by atoms with Crippen LogP contribution in [0.4, 0.5) is 0 Å². The summed E-state index contributed by atoms with van der Waals surface area (Å²) >= 11 is 0. The highest BCUT2D eigenvalue weighted by molar-refractivity contribution is 5.94. The maximum Gasteiger partial charge on any atom is 0.272 e. The number of hydrogen-bond acceptors (Lipinski definition) is 4. The Bertz CT molecular complexity index is 856. The molecule has 2 aliphatic rings. The molecule has 0 spiro atoms. The van der Waals surface area contributed by atoms with Crippen molar-refractivity contribution >= 4 is 12.3 Å². The third kappa shape index (κ3) is 4.34. The van der Waals surface area contributed by atoms with Crippen LogP contribution < -0.4 is 5.32 Å². The molecule has 1 aliphatic carbocycles. The minimum Gasteiger partial charge on any atom is -0.350 e. The average molecular weight is 396 g/mol. The predicted molar refractivity (Wildman–Crippen MR) is 111 cm³/mol. The number of nitrogens with one attached hydrogen (secondary N) is 1. The van der Waals surface area contributed by atoms with Gasteiger partial charge in [-0.05, 0) is 31.2 Å². The number of aryl methyl sites for hydroxylation is 1. The van der Waals surface area contributed by atoms with Crippen LogP contribution in [0.2, 0.25) is 0 Å². The summed E-state index contributed by atoms with van der Waals surface area (Å²) in [5.74, 6) is -0.0794. The Kier molecular flexibility index (Phi) is 5.94. The number of amides is 2. The highest BCUT2D eigenvalue weighted by Crippen LogP contribution is 2.27. The first kappa shape index (κ1) is 19.6. The fraction of sp³-hybridized carbons (Fsp3) is 0.500. The number of fused-ring (bicyclic) bond motifs is 1. The van der Waals surface area contributed by atoms with Gasteiger partial charge in [-0.3, -0.25) is 19.2 Å². The number of piperazine rings is 1. The summed E-state index contributed by atoms with van der Waals surface area (Å²) < 4.78 is 1.88. The zero-order valence-corrected chi connectivity index (χ0v) is 17.0. The van der Waals surface area contributed by atoms with E-state index >= 15 is 0 Å². The van der Waals surface area contributed by atoms with E-state index in [1.54, 1.807) is 0 Å². The standard InChI is InChI=1S/C22H29N5O2/c1-25-20-8-7-18(27-13-11-26(16-28)12-14-27)15-19(20)21(24-25)22(29)23-10-9-17-5-3-2-4-6-17/h2-6,16,18H,7-15H2,1H3,(H,23,29)/t18-/m0/s1. The molecule has 2 heterocycles. The summed E-state index contributed by atoms with van der Waals surface area (Å²) in [7, 11) is 1.93. The van der Waals surface area contributed by atoms with E-state index in [2.05, 4.69) is 27.4 Å². The monoisotopic (exact) mass is 395 g/mol. The van der Waals surface area contributed by atoms with Gasteiger partial charge in [0.2, 0.25) is 6.41 Å². The molecule has 1 aromatic heterocycles. The minimum atomic E-state index is -0.0794. The summed E-state index contributed by atoms with van der Waals surface area (Å²) in [5, 5.41) is 7.60. The molecule has 154 valence electrons. The van der Waals surface area contributed by atoms with Crippen molar-refractivity contribution in [2.75, 3.05) is 32.7 Å². The third-order valence-corrected chi connectivity index (χ3v) is 6.20. The molecule has 7 nitrogen and oxygen atoms in total. The summed E-state index contributed by atoms with van der Waals surface area (Å²) in [5.41, 5.74) is 4.07. The second-order valence-corrected chi connectivity index (χ2v) is 7.96. The Morgan fingerprint density at radius 1 is 1.21 bits per heavy atom. The van der Waals surface area contributed by atoms with Crippen LogP contribution in [0.25, 0.3) is 0 Å². The van der Waals surface area contributed by atoms with Gasteiger partial charge in [0.25, 0.3) is 5.91 Å². The van der Waals surface area contributed by atoms with Crippen molar-refractivity contribution in [1.82, 2.24) is 24.9 Å². The second-order valence-electron chi connectivity index (χ2n) is 7.96. The van der Waals surface area contributed by atoms with Crippen molar-refractivity contribution in [3.63, 3.8) is 0 Å². The van der Waals surface area contributed by atoms with E-state index in [1.807, 2.05) is 34.8 Å². The van der Waals surface area contributed by atoms with Crippen molar-refractivity contribution in [3.05, 3.63) is 52.8 Å². The van der Waals surface area contributed by atoms with Crippen molar-refractivity contribution in [1.29, 1.82) is 0 Å². The summed E-state index contributed by atoms with van der Waals surface area (Å²) in [6.45, 7) is 3.97. The lowest BCUT2D eigenvalue weighted by Gasteiger charge is -2.39. The molecule has 0 radical (unpaired) electrons. The van der Waals surface area contributed by atoms with E-state index < -0.39 is 0 Å². The van der Waals surface area contributed by atoms with Gasteiger partial charge in [0.15, 0.2) is 5.69 Å². The normalized spacial score (nSPS) is 19.6. The van der Waals surface area contributed by atoms with Crippen LogP contribution in [0.15, 0.2) is 30.3 Å². The van der Waals surface area contributed by atoms with Crippen LogP contribution in [-0.4, -0.2) is 70.7 Å². The van der Waals surface area contributed by atoms with Gasteiger partial charge in [-0.1, -0.05) is 30.3 Å². The topological polar surface area (TPSA) is 70.5 Å². The van der Waals surface area contributed by atoms with Gasteiger partial charge < -0.3 is 10.2 Å². The number of hydrogen-bond donors (Lipinski definition) is 1. The molecule has 1 saturated heterocycles. The van der Waals surface area contributed by atoms with Gasteiger partial charge >= 0.3 is 0 Å². The van der Waals surface area contributed by atoms with Crippen molar-refractivity contribution in [2.45, 2.75) is 31.7 Å². The van der Waals surface area contributed by atoms with Gasteiger partial charge in [0, 0.05) is 57.1 Å². The van der Waals surface area contributed by atoms with Crippen LogP contribution in [-0.2, 0) is 31.1 Å². The molecule has 2 aromatic rings. The highest BCUT2D eigenvalue weighted by Gasteiger charge is 2.32. The molecular formula is C22H29N5O2.